The molecule has 1 heterocycles. The Labute approximate surface area is 134 Å². The number of ketones is 2. The Balaban J connectivity index is 1.64. The van der Waals surface area contributed by atoms with E-state index in [1.54, 1.807) is 30.3 Å². The van der Waals surface area contributed by atoms with Crippen molar-refractivity contribution in [2.75, 3.05) is 0 Å². The van der Waals surface area contributed by atoms with Gasteiger partial charge >= 0.3 is 0 Å². The first-order valence-corrected chi connectivity index (χ1v) is 7.42. The Bertz CT molecular complexity index is 740. The van der Waals surface area contributed by atoms with E-state index in [1.165, 1.54) is 0 Å². The molecule has 0 amide bonds. The Morgan fingerprint density at radius 3 is 1.87 bits per heavy atom. The van der Waals surface area contributed by atoms with Crippen molar-refractivity contribution < 1.29 is 9.59 Å². The lowest BCUT2D eigenvalue weighted by Crippen LogP contribution is -2.04. The zero-order valence-electron chi connectivity index (χ0n) is 12.5. The van der Waals surface area contributed by atoms with E-state index in [0.29, 0.717) is 16.8 Å². The van der Waals surface area contributed by atoms with Crippen molar-refractivity contribution in [2.45, 2.75) is 12.8 Å². The SMILES string of the molecule is O=C(Cc1cc(CC(=O)c2ccccc2)[nH]n1)c1ccccc1. The zero-order chi connectivity index (χ0) is 16.1. The quantitative estimate of drug-likeness (QED) is 0.711. The van der Waals surface area contributed by atoms with Crippen LogP contribution in [0, 0.1) is 0 Å². The highest BCUT2D eigenvalue weighted by Crippen LogP contribution is 2.10. The van der Waals surface area contributed by atoms with Gasteiger partial charge in [-0.25, -0.2) is 0 Å². The van der Waals surface area contributed by atoms with Gasteiger partial charge in [-0.1, -0.05) is 60.7 Å². The molecule has 0 atom stereocenters. The molecular formula is C19H16N2O2. The molecule has 3 aromatic rings. The van der Waals surface area contributed by atoms with Crippen LogP contribution in [-0.2, 0) is 12.8 Å². The minimum absolute atomic E-state index is 0.0121. The number of H-pyrrole nitrogens is 1. The number of carbonyl (C=O) groups excluding carboxylic acids is 2. The highest BCUT2D eigenvalue weighted by Gasteiger charge is 2.12. The summed E-state index contributed by atoms with van der Waals surface area (Å²) < 4.78 is 0. The summed E-state index contributed by atoms with van der Waals surface area (Å²) in [4.78, 5) is 24.3. The van der Waals surface area contributed by atoms with Crippen molar-refractivity contribution in [3.8, 4) is 0 Å². The maximum absolute atomic E-state index is 12.2. The Morgan fingerprint density at radius 2 is 1.30 bits per heavy atom. The van der Waals surface area contributed by atoms with Crippen LogP contribution in [0.5, 0.6) is 0 Å². The smallest absolute Gasteiger partial charge is 0.168 e. The van der Waals surface area contributed by atoms with E-state index in [1.807, 2.05) is 36.4 Å². The van der Waals surface area contributed by atoms with Crippen LogP contribution in [0.4, 0.5) is 0 Å². The fraction of sp³-hybridized carbons (Fsp3) is 0.105. The molecule has 114 valence electrons. The molecule has 4 heteroatoms. The number of carbonyl (C=O) groups is 2. The summed E-state index contributed by atoms with van der Waals surface area (Å²) in [5, 5.41) is 6.97. The summed E-state index contributed by atoms with van der Waals surface area (Å²) in [6.07, 6.45) is 0.469. The average Bonchev–Trinajstić information content (AvgIpc) is 3.03. The van der Waals surface area contributed by atoms with E-state index in [4.69, 9.17) is 0 Å². The first-order valence-electron chi connectivity index (χ1n) is 7.42. The maximum Gasteiger partial charge on any atom is 0.168 e. The zero-order valence-corrected chi connectivity index (χ0v) is 12.5. The van der Waals surface area contributed by atoms with Crippen LogP contribution in [0.1, 0.15) is 32.1 Å². The number of rotatable bonds is 6. The van der Waals surface area contributed by atoms with Crippen LogP contribution in [-0.4, -0.2) is 21.8 Å². The van der Waals surface area contributed by atoms with Gasteiger partial charge in [0.2, 0.25) is 0 Å². The van der Waals surface area contributed by atoms with Crippen molar-refractivity contribution in [3.05, 3.63) is 89.2 Å². The summed E-state index contributed by atoms with van der Waals surface area (Å²) in [7, 11) is 0. The Morgan fingerprint density at radius 1 is 0.783 bits per heavy atom. The minimum atomic E-state index is 0.0121. The van der Waals surface area contributed by atoms with Crippen LogP contribution in [0.25, 0.3) is 0 Å². The van der Waals surface area contributed by atoms with Gasteiger partial charge in [0.25, 0.3) is 0 Å². The summed E-state index contributed by atoms with van der Waals surface area (Å²) in [5.74, 6) is 0.0354. The van der Waals surface area contributed by atoms with Gasteiger partial charge in [0.15, 0.2) is 11.6 Å². The van der Waals surface area contributed by atoms with Crippen molar-refractivity contribution in [2.24, 2.45) is 0 Å². The highest BCUT2D eigenvalue weighted by molar-refractivity contribution is 5.98. The van der Waals surface area contributed by atoms with Gasteiger partial charge in [-0.15, -0.1) is 0 Å². The Kier molecular flexibility index (Phi) is 4.43. The van der Waals surface area contributed by atoms with E-state index < -0.39 is 0 Å². The molecule has 3 rings (SSSR count). The van der Waals surface area contributed by atoms with Gasteiger partial charge in [-0.2, -0.15) is 5.10 Å². The van der Waals surface area contributed by atoms with Crippen molar-refractivity contribution in [1.82, 2.24) is 10.2 Å². The number of aromatic nitrogens is 2. The Hall–Kier alpha value is -3.01. The monoisotopic (exact) mass is 304 g/mol. The lowest BCUT2D eigenvalue weighted by molar-refractivity contribution is 0.0984. The van der Waals surface area contributed by atoms with Crippen LogP contribution in [0.3, 0.4) is 0 Å². The minimum Gasteiger partial charge on any atom is -0.294 e. The fourth-order valence-corrected chi connectivity index (χ4v) is 2.38. The summed E-state index contributed by atoms with van der Waals surface area (Å²) in [5.41, 5.74) is 2.70. The molecule has 1 N–H and O–H groups in total. The van der Waals surface area contributed by atoms with Crippen molar-refractivity contribution in [3.63, 3.8) is 0 Å². The predicted molar refractivity (Wildman–Crippen MR) is 87.5 cm³/mol. The predicted octanol–water partition coefficient (Wildman–Crippen LogP) is 3.26. The number of hydrogen-bond donors (Lipinski definition) is 1. The maximum atomic E-state index is 12.2. The second-order valence-electron chi connectivity index (χ2n) is 5.32. The van der Waals surface area contributed by atoms with Gasteiger partial charge in [0.1, 0.15) is 0 Å². The number of Topliss-reactive ketones (excluding diaryl/α,β-unsaturated/α-hetero) is 2. The molecule has 1 aromatic heterocycles. The van der Waals surface area contributed by atoms with Crippen LogP contribution < -0.4 is 0 Å². The third kappa shape index (κ3) is 3.80. The molecule has 2 aromatic carbocycles. The van der Waals surface area contributed by atoms with Gasteiger partial charge < -0.3 is 0 Å². The number of nitrogens with one attached hydrogen (secondary N) is 1. The van der Waals surface area contributed by atoms with Gasteiger partial charge in [-0.3, -0.25) is 14.7 Å². The fourth-order valence-electron chi connectivity index (χ4n) is 2.38. The number of nitrogens with zero attached hydrogens (tertiary/aromatic N) is 1. The molecular weight excluding hydrogens is 288 g/mol. The number of benzene rings is 2. The van der Waals surface area contributed by atoms with Gasteiger partial charge in [0.05, 0.1) is 18.5 Å². The molecule has 0 unspecified atom stereocenters. The third-order valence-electron chi connectivity index (χ3n) is 3.57. The highest BCUT2D eigenvalue weighted by atomic mass is 16.1. The molecule has 0 spiro atoms. The molecule has 0 fully saturated rings. The molecule has 4 nitrogen and oxygen atoms in total. The molecule has 0 saturated carbocycles. The van der Waals surface area contributed by atoms with Crippen LogP contribution >= 0.6 is 0 Å². The van der Waals surface area contributed by atoms with E-state index >= 15 is 0 Å². The van der Waals surface area contributed by atoms with Crippen LogP contribution in [0.2, 0.25) is 0 Å². The summed E-state index contributed by atoms with van der Waals surface area (Å²) in [6.45, 7) is 0. The summed E-state index contributed by atoms with van der Waals surface area (Å²) >= 11 is 0. The summed E-state index contributed by atoms with van der Waals surface area (Å²) in [6, 6.07) is 20.0. The lowest BCUT2D eigenvalue weighted by atomic mass is 10.0. The molecule has 0 aliphatic heterocycles. The lowest BCUT2D eigenvalue weighted by Gasteiger charge is -1.98. The number of hydrogen-bond acceptors (Lipinski definition) is 3. The largest absolute Gasteiger partial charge is 0.294 e. The van der Waals surface area contributed by atoms with Crippen molar-refractivity contribution >= 4 is 11.6 Å². The molecule has 0 aliphatic carbocycles. The average molecular weight is 304 g/mol. The third-order valence-corrected chi connectivity index (χ3v) is 3.57. The van der Waals surface area contributed by atoms with E-state index in [-0.39, 0.29) is 24.4 Å². The second-order valence-corrected chi connectivity index (χ2v) is 5.32. The van der Waals surface area contributed by atoms with Crippen molar-refractivity contribution in [1.29, 1.82) is 0 Å². The van der Waals surface area contributed by atoms with Gasteiger partial charge in [-0.05, 0) is 6.07 Å². The van der Waals surface area contributed by atoms with Gasteiger partial charge in [0, 0.05) is 16.8 Å². The standard InChI is InChI=1S/C19H16N2O2/c22-18(14-7-3-1-4-8-14)12-16-11-17(21-20-16)13-19(23)15-9-5-2-6-10-15/h1-11H,12-13H2,(H,20,21). The number of aromatic amines is 1. The molecule has 0 bridgehead atoms. The molecule has 0 aliphatic rings. The second kappa shape index (κ2) is 6.83. The molecule has 0 saturated heterocycles. The van der Waals surface area contributed by atoms with E-state index in [9.17, 15) is 9.59 Å². The molecule has 0 radical (unpaired) electrons. The van der Waals surface area contributed by atoms with E-state index in [2.05, 4.69) is 10.2 Å². The molecule has 23 heavy (non-hydrogen) atoms. The first kappa shape index (κ1) is 14.9. The normalized spacial score (nSPS) is 10.4. The van der Waals surface area contributed by atoms with E-state index in [0.717, 1.165) is 5.69 Å². The topological polar surface area (TPSA) is 62.8 Å². The van der Waals surface area contributed by atoms with Crippen LogP contribution in [0.15, 0.2) is 66.7 Å². The first-order chi connectivity index (χ1) is 11.2.